The molecule has 0 aromatic heterocycles. The molecule has 1 atom stereocenters. The van der Waals surface area contributed by atoms with Crippen molar-refractivity contribution in [3.63, 3.8) is 0 Å². The van der Waals surface area contributed by atoms with Gasteiger partial charge in [0.2, 0.25) is 10.0 Å². The van der Waals surface area contributed by atoms with E-state index >= 15 is 0 Å². The zero-order valence-corrected chi connectivity index (χ0v) is 16.4. The first kappa shape index (κ1) is 19.5. The highest BCUT2D eigenvalue weighted by Gasteiger charge is 2.24. The Bertz CT molecular complexity index is 814. The summed E-state index contributed by atoms with van der Waals surface area (Å²) in [6.45, 7) is 7.82. The fourth-order valence-electron chi connectivity index (χ4n) is 2.92. The standard InChI is InChI=1S/C20H27NO3S/c1-6-18(16-10-8-7-9-11-16)21-25(22,23)20-13-17(14(2)3)19(24-5)12-15(20)4/h7-14,18,21H,6H2,1-5H3/t18-/m0/s1. The van der Waals surface area contributed by atoms with Crippen LogP contribution in [0.2, 0.25) is 0 Å². The van der Waals surface area contributed by atoms with Crippen LogP contribution in [0.1, 0.15) is 55.8 Å². The average Bonchev–Trinajstić information content (AvgIpc) is 2.59. The second-order valence-corrected chi connectivity index (χ2v) is 8.19. The van der Waals surface area contributed by atoms with Crippen LogP contribution in [-0.4, -0.2) is 15.5 Å². The molecule has 136 valence electrons. The van der Waals surface area contributed by atoms with Crippen LogP contribution in [0.3, 0.4) is 0 Å². The molecule has 0 spiro atoms. The molecule has 0 saturated heterocycles. The van der Waals surface area contributed by atoms with Gasteiger partial charge in [-0.25, -0.2) is 13.1 Å². The van der Waals surface area contributed by atoms with Crippen LogP contribution in [0, 0.1) is 6.92 Å². The van der Waals surface area contributed by atoms with Crippen molar-refractivity contribution in [3.05, 3.63) is 59.2 Å². The third-order valence-electron chi connectivity index (χ3n) is 4.35. The first-order valence-corrected chi connectivity index (χ1v) is 10.0. The van der Waals surface area contributed by atoms with Crippen molar-refractivity contribution in [3.8, 4) is 5.75 Å². The van der Waals surface area contributed by atoms with Crippen molar-refractivity contribution >= 4 is 10.0 Å². The zero-order chi connectivity index (χ0) is 18.6. The van der Waals surface area contributed by atoms with Crippen molar-refractivity contribution in [2.24, 2.45) is 0 Å². The van der Waals surface area contributed by atoms with Crippen LogP contribution in [0.5, 0.6) is 5.75 Å². The molecule has 0 amide bonds. The summed E-state index contributed by atoms with van der Waals surface area (Å²) in [5, 5.41) is 0. The molecule has 1 N–H and O–H groups in total. The van der Waals surface area contributed by atoms with Gasteiger partial charge in [-0.2, -0.15) is 0 Å². The zero-order valence-electron chi connectivity index (χ0n) is 15.5. The minimum Gasteiger partial charge on any atom is -0.496 e. The molecule has 0 aliphatic heterocycles. The minimum absolute atomic E-state index is 0.167. The van der Waals surface area contributed by atoms with E-state index in [-0.39, 0.29) is 12.0 Å². The van der Waals surface area contributed by atoms with Gasteiger partial charge in [-0.1, -0.05) is 51.1 Å². The Morgan fingerprint density at radius 2 is 1.76 bits per heavy atom. The third kappa shape index (κ3) is 4.41. The molecule has 2 aromatic rings. The van der Waals surface area contributed by atoms with Gasteiger partial charge in [-0.05, 0) is 48.1 Å². The lowest BCUT2D eigenvalue weighted by Gasteiger charge is -2.20. The molecule has 0 radical (unpaired) electrons. The van der Waals surface area contributed by atoms with Gasteiger partial charge in [0.25, 0.3) is 0 Å². The van der Waals surface area contributed by atoms with Crippen molar-refractivity contribution in [2.45, 2.75) is 51.0 Å². The van der Waals surface area contributed by atoms with Crippen LogP contribution < -0.4 is 9.46 Å². The van der Waals surface area contributed by atoms with Crippen LogP contribution in [0.15, 0.2) is 47.4 Å². The molecule has 0 heterocycles. The van der Waals surface area contributed by atoms with Crippen molar-refractivity contribution in [2.75, 3.05) is 7.11 Å². The summed E-state index contributed by atoms with van der Waals surface area (Å²) in [5.74, 6) is 0.891. The van der Waals surface area contributed by atoms with Gasteiger partial charge < -0.3 is 4.74 Å². The maximum Gasteiger partial charge on any atom is 0.241 e. The topological polar surface area (TPSA) is 55.4 Å². The minimum atomic E-state index is -3.64. The molecular formula is C20H27NO3S. The molecule has 4 nitrogen and oxygen atoms in total. The Hall–Kier alpha value is -1.85. The van der Waals surface area contributed by atoms with E-state index in [0.717, 1.165) is 16.9 Å². The number of rotatable bonds is 7. The highest BCUT2D eigenvalue weighted by atomic mass is 32.2. The largest absolute Gasteiger partial charge is 0.496 e. The first-order chi connectivity index (χ1) is 11.8. The molecule has 2 rings (SSSR count). The Balaban J connectivity index is 2.44. The maximum atomic E-state index is 13.0. The molecule has 0 bridgehead atoms. The van der Waals surface area contributed by atoms with E-state index < -0.39 is 10.0 Å². The lowest BCUT2D eigenvalue weighted by Crippen LogP contribution is -2.29. The summed E-state index contributed by atoms with van der Waals surface area (Å²) in [6.07, 6.45) is 0.676. The molecule has 0 saturated carbocycles. The van der Waals surface area contributed by atoms with Gasteiger partial charge in [-0.3, -0.25) is 0 Å². The Morgan fingerprint density at radius 1 is 1.12 bits per heavy atom. The molecule has 0 aliphatic carbocycles. The maximum absolute atomic E-state index is 13.0. The number of methoxy groups -OCH3 is 1. The van der Waals surface area contributed by atoms with E-state index in [1.165, 1.54) is 0 Å². The quantitative estimate of drug-likeness (QED) is 0.787. The van der Waals surface area contributed by atoms with E-state index in [2.05, 4.69) is 4.72 Å². The van der Waals surface area contributed by atoms with Gasteiger partial charge >= 0.3 is 0 Å². The summed E-state index contributed by atoms with van der Waals surface area (Å²) in [4.78, 5) is 0.311. The predicted octanol–water partition coefficient (Wildman–Crippen LogP) is 4.56. The second-order valence-electron chi connectivity index (χ2n) is 6.51. The highest BCUT2D eigenvalue weighted by Crippen LogP contribution is 2.32. The Kier molecular flexibility index (Phi) is 6.25. The van der Waals surface area contributed by atoms with E-state index in [4.69, 9.17) is 4.74 Å². The monoisotopic (exact) mass is 361 g/mol. The molecule has 2 aromatic carbocycles. The molecule has 5 heteroatoms. The van der Waals surface area contributed by atoms with Gasteiger partial charge in [0, 0.05) is 6.04 Å². The van der Waals surface area contributed by atoms with Gasteiger partial charge in [0.05, 0.1) is 12.0 Å². The first-order valence-electron chi connectivity index (χ1n) is 8.56. The number of aryl methyl sites for hydroxylation is 1. The van der Waals surface area contributed by atoms with Crippen LogP contribution >= 0.6 is 0 Å². The van der Waals surface area contributed by atoms with Crippen LogP contribution in [-0.2, 0) is 10.0 Å². The number of hydrogen-bond donors (Lipinski definition) is 1. The Morgan fingerprint density at radius 3 is 2.28 bits per heavy atom. The van der Waals surface area contributed by atoms with Gasteiger partial charge in [0.1, 0.15) is 5.75 Å². The summed E-state index contributed by atoms with van der Waals surface area (Å²) in [6, 6.07) is 12.9. The SMILES string of the molecule is CC[C@H](NS(=O)(=O)c1cc(C(C)C)c(OC)cc1C)c1ccccc1. The average molecular weight is 362 g/mol. The number of benzene rings is 2. The predicted molar refractivity (Wildman–Crippen MR) is 102 cm³/mol. The fraction of sp³-hybridized carbons (Fsp3) is 0.400. The highest BCUT2D eigenvalue weighted by molar-refractivity contribution is 7.89. The Labute approximate surface area is 151 Å². The number of hydrogen-bond acceptors (Lipinski definition) is 3. The normalized spacial score (nSPS) is 13.0. The third-order valence-corrected chi connectivity index (χ3v) is 5.96. The summed E-state index contributed by atoms with van der Waals surface area (Å²) < 4.78 is 34.3. The molecular weight excluding hydrogens is 334 g/mol. The van der Waals surface area contributed by atoms with Crippen LogP contribution in [0.4, 0.5) is 0 Å². The molecule has 25 heavy (non-hydrogen) atoms. The van der Waals surface area contributed by atoms with E-state index in [0.29, 0.717) is 16.9 Å². The lowest BCUT2D eigenvalue weighted by atomic mass is 10.0. The summed E-state index contributed by atoms with van der Waals surface area (Å²) >= 11 is 0. The van der Waals surface area contributed by atoms with E-state index in [1.54, 1.807) is 26.2 Å². The second kappa shape index (κ2) is 8.02. The fourth-order valence-corrected chi connectivity index (χ4v) is 4.49. The number of sulfonamides is 1. The van der Waals surface area contributed by atoms with Crippen LogP contribution in [0.25, 0.3) is 0 Å². The lowest BCUT2D eigenvalue weighted by molar-refractivity contribution is 0.406. The summed E-state index contributed by atoms with van der Waals surface area (Å²) in [5.41, 5.74) is 2.53. The molecule has 0 aliphatic rings. The molecule has 0 fully saturated rings. The van der Waals surface area contributed by atoms with Gasteiger partial charge in [-0.15, -0.1) is 0 Å². The smallest absolute Gasteiger partial charge is 0.241 e. The molecule has 0 unspecified atom stereocenters. The van der Waals surface area contributed by atoms with Crippen molar-refractivity contribution < 1.29 is 13.2 Å². The summed E-state index contributed by atoms with van der Waals surface area (Å²) in [7, 11) is -2.03. The van der Waals surface area contributed by atoms with Gasteiger partial charge in [0.15, 0.2) is 0 Å². The van der Waals surface area contributed by atoms with Crippen molar-refractivity contribution in [1.82, 2.24) is 4.72 Å². The van der Waals surface area contributed by atoms with Crippen molar-refractivity contribution in [1.29, 1.82) is 0 Å². The number of nitrogens with one attached hydrogen (secondary N) is 1. The van der Waals surface area contributed by atoms with E-state index in [9.17, 15) is 8.42 Å². The number of ether oxygens (including phenoxy) is 1. The van der Waals surface area contributed by atoms with E-state index in [1.807, 2.05) is 51.1 Å².